The largest absolute Gasteiger partial charge is 0.469 e. The van der Waals surface area contributed by atoms with E-state index in [1.54, 1.807) is 6.26 Å². The van der Waals surface area contributed by atoms with Crippen LogP contribution >= 0.6 is 12.2 Å². The van der Waals surface area contributed by atoms with Crippen molar-refractivity contribution in [2.45, 2.75) is 56.5 Å². The molecule has 4 rings (SSSR count). The monoisotopic (exact) mass is 347 g/mol. The van der Waals surface area contributed by atoms with Crippen LogP contribution in [0.4, 0.5) is 0 Å². The number of thiocarbonyl (C=S) groups is 1. The van der Waals surface area contributed by atoms with E-state index in [-0.39, 0.29) is 22.9 Å². The van der Waals surface area contributed by atoms with Crippen molar-refractivity contribution in [1.82, 2.24) is 5.43 Å². The lowest BCUT2D eigenvalue weighted by Gasteiger charge is -2.57. The minimum absolute atomic E-state index is 0.106. The molecule has 0 aliphatic heterocycles. The molecule has 0 amide bonds. The minimum Gasteiger partial charge on any atom is -0.469 e. The average Bonchev–Trinajstić information content (AvgIpc) is 3.08. The van der Waals surface area contributed by atoms with Crippen LogP contribution < -0.4 is 11.2 Å². The maximum atomic E-state index is 11.7. The van der Waals surface area contributed by atoms with Crippen molar-refractivity contribution in [3.63, 3.8) is 0 Å². The molecular weight excluding hydrogens is 322 g/mol. The molecule has 4 N–H and O–H groups in total. The lowest BCUT2D eigenvalue weighted by molar-refractivity contribution is -0.113. The molecule has 5 atom stereocenters. The Labute approximate surface area is 147 Å². The fourth-order valence-corrected chi connectivity index (χ4v) is 5.58. The summed E-state index contributed by atoms with van der Waals surface area (Å²) in [5.74, 6) is 1.81. The van der Waals surface area contributed by atoms with Crippen LogP contribution in [0.15, 0.2) is 27.9 Å². The third kappa shape index (κ3) is 2.47. The van der Waals surface area contributed by atoms with E-state index in [0.717, 1.165) is 50.0 Å². The van der Waals surface area contributed by atoms with Crippen LogP contribution in [0.3, 0.4) is 0 Å². The van der Waals surface area contributed by atoms with Gasteiger partial charge in [0.1, 0.15) is 5.76 Å². The second kappa shape index (κ2) is 6.15. The van der Waals surface area contributed by atoms with Gasteiger partial charge in [0.05, 0.1) is 11.9 Å². The summed E-state index contributed by atoms with van der Waals surface area (Å²) in [6, 6.07) is 3.99. The molecule has 0 radical (unpaired) electrons. The molecule has 1 aromatic heterocycles. The van der Waals surface area contributed by atoms with Crippen LogP contribution in [-0.4, -0.2) is 21.5 Å². The van der Waals surface area contributed by atoms with E-state index in [0.29, 0.717) is 5.92 Å². The number of hydrazone groups is 1. The van der Waals surface area contributed by atoms with Crippen LogP contribution in [-0.2, 0) is 0 Å². The molecule has 3 aliphatic carbocycles. The van der Waals surface area contributed by atoms with Gasteiger partial charge in [-0.1, -0.05) is 19.3 Å². The Kier molecular flexibility index (Phi) is 4.12. The SMILES string of the molecule is NC(=S)NN=C1[C@H]2CCC[C@@H]1C1(O)CCCCC1C2c1ccco1. The first-order valence-electron chi connectivity index (χ1n) is 9.00. The number of rotatable bonds is 2. The first kappa shape index (κ1) is 16.1. The predicted molar refractivity (Wildman–Crippen MR) is 96.5 cm³/mol. The summed E-state index contributed by atoms with van der Waals surface area (Å²) in [6.45, 7) is 0. The van der Waals surface area contributed by atoms with Crippen LogP contribution in [0.1, 0.15) is 56.6 Å². The summed E-state index contributed by atoms with van der Waals surface area (Å²) in [5, 5.41) is 16.4. The molecule has 0 saturated heterocycles. The summed E-state index contributed by atoms with van der Waals surface area (Å²) in [5.41, 5.74) is 8.71. The fraction of sp³-hybridized carbons (Fsp3) is 0.667. The van der Waals surface area contributed by atoms with Crippen molar-refractivity contribution in [3.05, 3.63) is 24.2 Å². The number of nitrogens with two attached hydrogens (primary N) is 1. The molecule has 5 nitrogen and oxygen atoms in total. The summed E-state index contributed by atoms with van der Waals surface area (Å²) in [7, 11) is 0. The zero-order valence-electron chi connectivity index (χ0n) is 13.8. The van der Waals surface area contributed by atoms with E-state index < -0.39 is 5.60 Å². The Balaban J connectivity index is 1.80. The number of fused-ring (bicyclic) bond motifs is 4. The second-order valence-corrected chi connectivity index (χ2v) is 7.93. The highest BCUT2D eigenvalue weighted by atomic mass is 32.1. The van der Waals surface area contributed by atoms with E-state index in [1.807, 2.05) is 12.1 Å². The molecule has 3 saturated carbocycles. The van der Waals surface area contributed by atoms with Crippen molar-refractivity contribution in [1.29, 1.82) is 0 Å². The second-order valence-electron chi connectivity index (χ2n) is 7.49. The van der Waals surface area contributed by atoms with Gasteiger partial charge in [-0.05, 0) is 56.0 Å². The smallest absolute Gasteiger partial charge is 0.184 e. The van der Waals surface area contributed by atoms with Crippen LogP contribution in [0.25, 0.3) is 0 Å². The molecule has 1 heterocycles. The molecule has 3 unspecified atom stereocenters. The van der Waals surface area contributed by atoms with Crippen LogP contribution in [0.2, 0.25) is 0 Å². The number of nitrogens with zero attached hydrogens (tertiary/aromatic N) is 1. The number of nitrogens with one attached hydrogen (secondary N) is 1. The molecule has 130 valence electrons. The van der Waals surface area contributed by atoms with Gasteiger partial charge in [-0.2, -0.15) is 5.10 Å². The van der Waals surface area contributed by atoms with Crippen LogP contribution in [0.5, 0.6) is 0 Å². The number of aliphatic hydroxyl groups is 1. The van der Waals surface area contributed by atoms with E-state index in [9.17, 15) is 5.11 Å². The highest BCUT2D eigenvalue weighted by Crippen LogP contribution is 2.58. The summed E-state index contributed by atoms with van der Waals surface area (Å²) >= 11 is 4.93. The molecule has 0 spiro atoms. The van der Waals surface area contributed by atoms with Crippen molar-refractivity contribution < 1.29 is 9.52 Å². The Hall–Kier alpha value is -1.40. The van der Waals surface area contributed by atoms with Crippen molar-refractivity contribution in [2.75, 3.05) is 0 Å². The normalized spacial score (nSPS) is 40.1. The van der Waals surface area contributed by atoms with Gasteiger partial charge in [0.25, 0.3) is 0 Å². The maximum absolute atomic E-state index is 11.7. The molecule has 3 aliphatic rings. The highest BCUT2D eigenvalue weighted by Gasteiger charge is 2.59. The van der Waals surface area contributed by atoms with E-state index >= 15 is 0 Å². The Bertz CT molecular complexity index is 645. The van der Waals surface area contributed by atoms with Gasteiger partial charge in [-0.25, -0.2) is 0 Å². The Morgan fingerprint density at radius 2 is 2.21 bits per heavy atom. The standard InChI is InChI=1S/C18H25N3O2S/c19-17(24)21-20-16-11-5-3-7-13(16)18(22)9-2-1-6-12(18)15(11)14-8-4-10-23-14/h4,8,10-13,15,22H,1-3,5-7,9H2,(H3,19,21,24)/t11-,12?,13-,15?,18?/m0/s1. The first-order chi connectivity index (χ1) is 11.6. The predicted octanol–water partition coefficient (Wildman–Crippen LogP) is 2.90. The van der Waals surface area contributed by atoms with Gasteiger partial charge in [0, 0.05) is 23.5 Å². The Morgan fingerprint density at radius 1 is 1.33 bits per heavy atom. The lowest BCUT2D eigenvalue weighted by Crippen LogP contribution is -2.61. The fourth-order valence-electron chi connectivity index (χ4n) is 5.53. The van der Waals surface area contributed by atoms with E-state index in [1.165, 1.54) is 6.42 Å². The first-order valence-corrected chi connectivity index (χ1v) is 9.41. The number of hydrogen-bond donors (Lipinski definition) is 3. The molecule has 1 aromatic rings. The molecular formula is C18H25N3O2S. The van der Waals surface area contributed by atoms with Crippen molar-refractivity contribution in [3.8, 4) is 0 Å². The lowest BCUT2D eigenvalue weighted by atomic mass is 9.50. The molecule has 24 heavy (non-hydrogen) atoms. The third-order valence-corrected chi connectivity index (χ3v) is 6.46. The summed E-state index contributed by atoms with van der Waals surface area (Å²) in [4.78, 5) is 0. The maximum Gasteiger partial charge on any atom is 0.184 e. The quantitative estimate of drug-likeness (QED) is 0.566. The number of furan rings is 1. The van der Waals surface area contributed by atoms with Crippen molar-refractivity contribution >= 4 is 23.0 Å². The molecule has 0 aromatic carbocycles. The van der Waals surface area contributed by atoms with Gasteiger partial charge < -0.3 is 15.3 Å². The highest BCUT2D eigenvalue weighted by molar-refractivity contribution is 7.80. The number of hydrogen-bond acceptors (Lipinski definition) is 4. The van der Waals surface area contributed by atoms with E-state index in [2.05, 4.69) is 10.5 Å². The third-order valence-electron chi connectivity index (χ3n) is 6.37. The van der Waals surface area contributed by atoms with Gasteiger partial charge in [-0.15, -0.1) is 0 Å². The van der Waals surface area contributed by atoms with Gasteiger partial charge in [-0.3, -0.25) is 5.43 Å². The van der Waals surface area contributed by atoms with Gasteiger partial charge in [0.15, 0.2) is 5.11 Å². The Morgan fingerprint density at radius 3 is 2.96 bits per heavy atom. The summed E-state index contributed by atoms with van der Waals surface area (Å²) in [6.07, 6.45) is 9.09. The topological polar surface area (TPSA) is 83.8 Å². The van der Waals surface area contributed by atoms with Crippen LogP contribution in [0, 0.1) is 17.8 Å². The van der Waals surface area contributed by atoms with Crippen molar-refractivity contribution in [2.24, 2.45) is 28.6 Å². The zero-order valence-corrected chi connectivity index (χ0v) is 14.6. The summed E-state index contributed by atoms with van der Waals surface area (Å²) < 4.78 is 5.80. The average molecular weight is 347 g/mol. The van der Waals surface area contributed by atoms with Gasteiger partial charge in [0.2, 0.25) is 0 Å². The zero-order chi connectivity index (χ0) is 16.7. The minimum atomic E-state index is -0.691. The van der Waals surface area contributed by atoms with E-state index in [4.69, 9.17) is 22.4 Å². The van der Waals surface area contributed by atoms with Gasteiger partial charge >= 0.3 is 0 Å². The molecule has 3 fully saturated rings. The molecule has 2 bridgehead atoms. The molecule has 6 heteroatoms.